The maximum Gasteiger partial charge on any atom is 0.490 e. The van der Waals surface area contributed by atoms with Crippen LogP contribution in [0.2, 0.25) is 0 Å². The molecule has 57 heavy (non-hydrogen) atoms. The predicted octanol–water partition coefficient (Wildman–Crippen LogP) is 5.52. The van der Waals surface area contributed by atoms with Gasteiger partial charge < -0.3 is 24.8 Å². The van der Waals surface area contributed by atoms with Crippen molar-refractivity contribution in [3.8, 4) is 23.2 Å². The number of hydrogen-bond acceptors (Lipinski definition) is 10. The summed E-state index contributed by atoms with van der Waals surface area (Å²) in [6, 6.07) is 6.52. The van der Waals surface area contributed by atoms with Crippen LogP contribution in [0.15, 0.2) is 43.1 Å². The second-order valence-corrected chi connectivity index (χ2v) is 13.0. The number of carbonyl (C=O) groups is 3. The summed E-state index contributed by atoms with van der Waals surface area (Å²) in [7, 11) is 2.95. The highest BCUT2D eigenvalue weighted by Crippen LogP contribution is 2.39. The molecule has 0 bridgehead atoms. The van der Waals surface area contributed by atoms with Crippen molar-refractivity contribution in [3.63, 3.8) is 0 Å². The van der Waals surface area contributed by atoms with Gasteiger partial charge in [0.15, 0.2) is 0 Å². The summed E-state index contributed by atoms with van der Waals surface area (Å²) in [5.74, 6) is -6.27. The van der Waals surface area contributed by atoms with Crippen molar-refractivity contribution in [2.75, 3.05) is 27.2 Å². The van der Waals surface area contributed by atoms with Crippen LogP contribution < -0.4 is 4.74 Å². The number of likely N-dealkylation sites (tertiary alicyclic amines) is 1. The molecule has 6 rings (SSSR count). The third-order valence-corrected chi connectivity index (χ3v) is 8.78. The van der Waals surface area contributed by atoms with Crippen molar-refractivity contribution in [3.05, 3.63) is 54.4 Å². The second-order valence-electron chi connectivity index (χ2n) is 13.0. The van der Waals surface area contributed by atoms with Crippen LogP contribution in [0, 0.1) is 11.3 Å². The molecule has 1 aliphatic heterocycles. The molecule has 2 fully saturated rings. The van der Waals surface area contributed by atoms with Crippen LogP contribution in [-0.4, -0.2) is 119 Å². The smallest absolute Gasteiger partial charge is 0.475 e. The van der Waals surface area contributed by atoms with E-state index in [2.05, 4.69) is 36.0 Å². The third kappa shape index (κ3) is 10.9. The largest absolute Gasteiger partial charge is 0.490 e. The highest BCUT2D eigenvalue weighted by molar-refractivity contribution is 5.94. The Morgan fingerprint density at radius 3 is 2.11 bits per heavy atom. The number of H-pyrrole nitrogens is 1. The van der Waals surface area contributed by atoms with Gasteiger partial charge in [-0.3, -0.25) is 14.4 Å². The molecule has 3 N–H and O–H groups in total. The summed E-state index contributed by atoms with van der Waals surface area (Å²) in [5.41, 5.74) is 0.626. The molecule has 24 heteroatoms. The van der Waals surface area contributed by atoms with Crippen LogP contribution in [-0.2, 0) is 21.3 Å². The molecule has 0 atom stereocenters. The molecule has 0 radical (unpaired) electrons. The number of nitriles is 1. The number of aromatic nitrogens is 6. The van der Waals surface area contributed by atoms with Gasteiger partial charge in [-0.25, -0.2) is 24.5 Å². The van der Waals surface area contributed by atoms with Gasteiger partial charge in [-0.2, -0.15) is 49.9 Å². The zero-order chi connectivity index (χ0) is 42.5. The van der Waals surface area contributed by atoms with E-state index in [1.807, 2.05) is 23.1 Å². The van der Waals surface area contributed by atoms with Crippen LogP contribution in [0.3, 0.4) is 0 Å². The van der Waals surface area contributed by atoms with Crippen molar-refractivity contribution >= 4 is 28.9 Å². The van der Waals surface area contributed by atoms with Crippen molar-refractivity contribution in [2.45, 2.75) is 68.3 Å². The minimum atomic E-state index is -5.08. The summed E-state index contributed by atoms with van der Waals surface area (Å²) in [4.78, 5) is 49.1. The third-order valence-electron chi connectivity index (χ3n) is 8.78. The molecule has 1 aliphatic carbocycles. The number of carboxylic acids is 2. The second kappa shape index (κ2) is 17.0. The van der Waals surface area contributed by atoms with Gasteiger partial charge in [0.2, 0.25) is 5.88 Å². The van der Waals surface area contributed by atoms with E-state index in [0.29, 0.717) is 32.4 Å². The van der Waals surface area contributed by atoms with Gasteiger partial charge >= 0.3 is 30.5 Å². The summed E-state index contributed by atoms with van der Waals surface area (Å²) < 4.78 is 112. The molecule has 4 aromatic rings. The normalized spacial score (nSPS) is 18.1. The molecule has 4 aromatic heterocycles. The molecule has 15 nitrogen and oxygen atoms in total. The molecule has 1 saturated heterocycles. The quantitative estimate of drug-likeness (QED) is 0.197. The van der Waals surface area contributed by atoms with Gasteiger partial charge in [-0.1, -0.05) is 0 Å². The first-order valence-corrected chi connectivity index (χ1v) is 16.5. The Hall–Kier alpha value is -5.99. The summed E-state index contributed by atoms with van der Waals surface area (Å²) in [6.45, 7) is 1.32. The van der Waals surface area contributed by atoms with Crippen molar-refractivity contribution in [1.29, 1.82) is 5.26 Å². The molecular formula is C33H32F9N9O6. The Labute approximate surface area is 315 Å². The number of alkyl halides is 9. The fourth-order valence-electron chi connectivity index (χ4n) is 6.05. The van der Waals surface area contributed by atoms with E-state index >= 15 is 0 Å². The van der Waals surface area contributed by atoms with Crippen LogP contribution in [0.25, 0.3) is 22.3 Å². The number of amides is 1. The van der Waals surface area contributed by atoms with Gasteiger partial charge in [0.05, 0.1) is 24.4 Å². The van der Waals surface area contributed by atoms with E-state index in [-0.39, 0.29) is 23.6 Å². The number of ether oxygens (including phenoxy) is 1. The first kappa shape index (κ1) is 43.7. The average Bonchev–Trinajstić information content (AvgIpc) is 3.80. The van der Waals surface area contributed by atoms with E-state index in [4.69, 9.17) is 24.5 Å². The molecule has 0 aromatic carbocycles. The van der Waals surface area contributed by atoms with Crippen molar-refractivity contribution in [2.24, 2.45) is 0 Å². The van der Waals surface area contributed by atoms with Crippen LogP contribution in [0.4, 0.5) is 39.5 Å². The number of carbonyl (C=O) groups excluding carboxylic acids is 1. The number of halogens is 9. The molecule has 1 saturated carbocycles. The number of rotatable bonds is 7. The zero-order valence-electron chi connectivity index (χ0n) is 29.7. The SMILES string of the molecule is CN(C)C(=O)c1cc(O[C@H]2CC[C@@H](N3CC(CC#N)(n4cc(-c5ncnc6[nH]ccc56)cn4)C3)CC2)nc(C(F)(F)F)c1.O=C(O)C(F)(F)F.O=C(O)C(F)(F)F. The standard InChI is InChI=1S/C29H30F3N9O2.2C2HF3O2/c1-39(2)27(42)18-11-23(29(30,31)32)38-24(12-18)43-21-5-3-20(4-6-21)40-15-28(16-40,8-9-33)41-14-19(13-37-41)25-22-7-10-34-26(22)36-17-35-25;2*3-2(4,5)1(6)7/h7,10-14,17,20-21H,3-6,8,15-16H2,1-2H3,(H,34,35,36);2*(H,6,7)/t20-,21+;;. The van der Waals surface area contributed by atoms with Crippen LogP contribution >= 0.6 is 0 Å². The van der Waals surface area contributed by atoms with Crippen molar-refractivity contribution < 1.29 is 68.8 Å². The van der Waals surface area contributed by atoms with E-state index in [1.165, 1.54) is 31.4 Å². The van der Waals surface area contributed by atoms with Gasteiger partial charge in [-0.15, -0.1) is 0 Å². The number of carboxylic acid groups (broad SMARTS) is 2. The maximum atomic E-state index is 13.5. The lowest BCUT2D eigenvalue weighted by Crippen LogP contribution is -2.65. The fourth-order valence-corrected chi connectivity index (χ4v) is 6.05. The number of fused-ring (bicyclic) bond motifs is 1. The molecule has 308 valence electrons. The monoisotopic (exact) mass is 821 g/mol. The number of pyridine rings is 1. The minimum absolute atomic E-state index is 0.121. The molecular weight excluding hydrogens is 789 g/mol. The Kier molecular flexibility index (Phi) is 13.1. The number of nitrogens with one attached hydrogen (secondary N) is 1. The zero-order valence-corrected chi connectivity index (χ0v) is 29.7. The first-order valence-electron chi connectivity index (χ1n) is 16.5. The summed E-state index contributed by atoms with van der Waals surface area (Å²) >= 11 is 0. The molecule has 5 heterocycles. The molecule has 0 unspecified atom stereocenters. The van der Waals surface area contributed by atoms with Gasteiger partial charge in [0.1, 0.15) is 29.3 Å². The van der Waals surface area contributed by atoms with Gasteiger partial charge in [-0.05, 0) is 37.8 Å². The lowest BCUT2D eigenvalue weighted by molar-refractivity contribution is -0.193. The first-order chi connectivity index (χ1) is 26.4. The topological polar surface area (TPSA) is 203 Å². The predicted molar refractivity (Wildman–Crippen MR) is 176 cm³/mol. The van der Waals surface area contributed by atoms with E-state index in [9.17, 15) is 49.6 Å². The van der Waals surface area contributed by atoms with Gasteiger partial charge in [0.25, 0.3) is 5.91 Å². The maximum absolute atomic E-state index is 13.5. The van der Waals surface area contributed by atoms with Crippen LogP contribution in [0.5, 0.6) is 5.88 Å². The van der Waals surface area contributed by atoms with E-state index in [1.54, 1.807) is 6.20 Å². The highest BCUT2D eigenvalue weighted by Gasteiger charge is 2.48. The Morgan fingerprint density at radius 2 is 1.58 bits per heavy atom. The van der Waals surface area contributed by atoms with Crippen LogP contribution in [0.1, 0.15) is 48.2 Å². The van der Waals surface area contributed by atoms with Crippen molar-refractivity contribution in [1.82, 2.24) is 39.5 Å². The highest BCUT2D eigenvalue weighted by atomic mass is 19.4. The average molecular weight is 822 g/mol. The number of hydrogen-bond donors (Lipinski definition) is 3. The number of aliphatic carboxylic acids is 2. The Morgan fingerprint density at radius 1 is 0.982 bits per heavy atom. The lowest BCUT2D eigenvalue weighted by Gasteiger charge is -2.53. The molecule has 2 aliphatic rings. The summed E-state index contributed by atoms with van der Waals surface area (Å²) in [5, 5.41) is 29.4. The van der Waals surface area contributed by atoms with E-state index < -0.39 is 47.6 Å². The Balaban J connectivity index is 0.000000440. The lowest BCUT2D eigenvalue weighted by atomic mass is 9.82. The number of nitrogens with zero attached hydrogens (tertiary/aromatic N) is 8. The van der Waals surface area contributed by atoms with Gasteiger partial charge in [0, 0.05) is 68.2 Å². The minimum Gasteiger partial charge on any atom is -0.475 e. The Bertz CT molecular complexity index is 2070. The number of aromatic amines is 1. The fraction of sp³-hybridized carbons (Fsp3) is 0.455. The molecule has 1 amide bonds. The molecule has 0 spiro atoms. The van der Waals surface area contributed by atoms with E-state index in [0.717, 1.165) is 41.2 Å². The summed E-state index contributed by atoms with van der Waals surface area (Å²) in [6.07, 6.45) is -5.03.